The normalized spacial score (nSPS) is 10.4. The molecule has 0 fully saturated rings. The Morgan fingerprint density at radius 3 is 2.82 bits per heavy atom. The zero-order valence-corrected chi connectivity index (χ0v) is 12.2. The Bertz CT molecular complexity index is 764. The van der Waals surface area contributed by atoms with E-state index in [2.05, 4.69) is 15.4 Å². The molecule has 0 aliphatic carbocycles. The van der Waals surface area contributed by atoms with Gasteiger partial charge in [0, 0.05) is 30.7 Å². The molecule has 0 saturated heterocycles. The van der Waals surface area contributed by atoms with Crippen LogP contribution in [0.1, 0.15) is 21.5 Å². The van der Waals surface area contributed by atoms with Gasteiger partial charge in [0.15, 0.2) is 5.82 Å². The molecule has 2 heterocycles. The number of aryl methyl sites for hydroxylation is 1. The minimum atomic E-state index is -0.0835. The number of benzene rings is 1. The Balaban J connectivity index is 1.63. The van der Waals surface area contributed by atoms with E-state index in [1.807, 2.05) is 49.5 Å². The monoisotopic (exact) mass is 292 g/mol. The molecule has 22 heavy (non-hydrogen) atoms. The molecule has 110 valence electrons. The van der Waals surface area contributed by atoms with Crippen LogP contribution in [0.2, 0.25) is 0 Å². The number of carbonyl (C=O) groups is 1. The Hall–Kier alpha value is -2.95. The van der Waals surface area contributed by atoms with Gasteiger partial charge in [0.2, 0.25) is 0 Å². The molecule has 0 spiro atoms. The fourth-order valence-corrected chi connectivity index (χ4v) is 2.13. The molecule has 0 radical (unpaired) electrons. The molecular formula is C17H16N4O. The summed E-state index contributed by atoms with van der Waals surface area (Å²) >= 11 is 0. The zero-order valence-electron chi connectivity index (χ0n) is 12.2. The standard InChI is InChI=1S/C17H16N4O/c1-13-4-2-5-15(10-13)17(22)19-12-14-6-7-16(18-11-14)21-9-3-8-20-21/h2-11H,12H2,1H3,(H,19,22). The van der Waals surface area contributed by atoms with E-state index < -0.39 is 0 Å². The van der Waals surface area contributed by atoms with E-state index in [0.29, 0.717) is 12.1 Å². The third-order valence-corrected chi connectivity index (χ3v) is 3.28. The van der Waals surface area contributed by atoms with Crippen LogP contribution in [-0.2, 0) is 6.54 Å². The number of aromatic nitrogens is 3. The maximum atomic E-state index is 12.1. The number of rotatable bonds is 4. The van der Waals surface area contributed by atoms with E-state index in [0.717, 1.165) is 16.9 Å². The van der Waals surface area contributed by atoms with Crippen molar-refractivity contribution >= 4 is 5.91 Å². The van der Waals surface area contributed by atoms with Crippen LogP contribution in [0.3, 0.4) is 0 Å². The van der Waals surface area contributed by atoms with Crippen molar-refractivity contribution in [1.29, 1.82) is 0 Å². The Kier molecular flexibility index (Phi) is 3.96. The first kappa shape index (κ1) is 14.0. The molecule has 0 atom stereocenters. The summed E-state index contributed by atoms with van der Waals surface area (Å²) in [6.07, 6.45) is 5.28. The summed E-state index contributed by atoms with van der Waals surface area (Å²) in [5, 5.41) is 7.02. The molecule has 1 aromatic carbocycles. The van der Waals surface area contributed by atoms with Crippen LogP contribution >= 0.6 is 0 Å². The maximum Gasteiger partial charge on any atom is 0.251 e. The lowest BCUT2D eigenvalue weighted by molar-refractivity contribution is 0.0951. The highest BCUT2D eigenvalue weighted by atomic mass is 16.1. The fraction of sp³-hybridized carbons (Fsp3) is 0.118. The molecule has 5 nitrogen and oxygen atoms in total. The van der Waals surface area contributed by atoms with Crippen LogP contribution in [0.15, 0.2) is 61.1 Å². The predicted octanol–water partition coefficient (Wildman–Crippen LogP) is 2.51. The molecule has 0 aliphatic rings. The number of hydrogen-bond acceptors (Lipinski definition) is 3. The summed E-state index contributed by atoms with van der Waals surface area (Å²) in [7, 11) is 0. The zero-order chi connectivity index (χ0) is 15.4. The van der Waals surface area contributed by atoms with Crippen LogP contribution in [0, 0.1) is 6.92 Å². The molecule has 2 aromatic heterocycles. The predicted molar refractivity (Wildman–Crippen MR) is 83.7 cm³/mol. The second kappa shape index (κ2) is 6.22. The quantitative estimate of drug-likeness (QED) is 0.803. The first-order valence-corrected chi connectivity index (χ1v) is 7.02. The Morgan fingerprint density at radius 2 is 2.14 bits per heavy atom. The molecule has 0 unspecified atom stereocenters. The van der Waals surface area contributed by atoms with Gasteiger partial charge in [-0.2, -0.15) is 5.10 Å². The molecule has 0 saturated carbocycles. The van der Waals surface area contributed by atoms with E-state index in [4.69, 9.17) is 0 Å². The fourth-order valence-electron chi connectivity index (χ4n) is 2.13. The van der Waals surface area contributed by atoms with Crippen molar-refractivity contribution in [2.24, 2.45) is 0 Å². The number of nitrogens with zero attached hydrogens (tertiary/aromatic N) is 3. The second-order valence-electron chi connectivity index (χ2n) is 5.03. The first-order chi connectivity index (χ1) is 10.7. The van der Waals surface area contributed by atoms with Crippen LogP contribution in [0.5, 0.6) is 0 Å². The van der Waals surface area contributed by atoms with Crippen molar-refractivity contribution in [3.05, 3.63) is 77.7 Å². The molecule has 1 amide bonds. The minimum Gasteiger partial charge on any atom is -0.348 e. The van der Waals surface area contributed by atoms with Gasteiger partial charge in [0.1, 0.15) is 0 Å². The van der Waals surface area contributed by atoms with Crippen molar-refractivity contribution in [3.8, 4) is 5.82 Å². The Labute approximate surface area is 128 Å². The highest BCUT2D eigenvalue weighted by Gasteiger charge is 2.05. The number of amides is 1. The van der Waals surface area contributed by atoms with Crippen LogP contribution < -0.4 is 5.32 Å². The van der Waals surface area contributed by atoms with Crippen LogP contribution in [0.25, 0.3) is 5.82 Å². The van der Waals surface area contributed by atoms with Gasteiger partial charge in [-0.15, -0.1) is 0 Å². The highest BCUT2D eigenvalue weighted by molar-refractivity contribution is 5.94. The van der Waals surface area contributed by atoms with Crippen molar-refractivity contribution < 1.29 is 4.79 Å². The summed E-state index contributed by atoms with van der Waals surface area (Å²) in [5.74, 6) is 0.665. The van der Waals surface area contributed by atoms with Crippen molar-refractivity contribution in [2.45, 2.75) is 13.5 Å². The van der Waals surface area contributed by atoms with E-state index in [-0.39, 0.29) is 5.91 Å². The van der Waals surface area contributed by atoms with E-state index in [1.165, 1.54) is 0 Å². The average molecular weight is 292 g/mol. The lowest BCUT2D eigenvalue weighted by Crippen LogP contribution is -2.22. The van der Waals surface area contributed by atoms with E-state index in [9.17, 15) is 4.79 Å². The van der Waals surface area contributed by atoms with E-state index in [1.54, 1.807) is 23.1 Å². The topological polar surface area (TPSA) is 59.8 Å². The summed E-state index contributed by atoms with van der Waals surface area (Å²) in [6, 6.07) is 13.2. The van der Waals surface area contributed by atoms with Gasteiger partial charge < -0.3 is 5.32 Å². The maximum absolute atomic E-state index is 12.1. The Morgan fingerprint density at radius 1 is 1.23 bits per heavy atom. The smallest absolute Gasteiger partial charge is 0.251 e. The van der Waals surface area contributed by atoms with Crippen molar-refractivity contribution in [1.82, 2.24) is 20.1 Å². The average Bonchev–Trinajstić information content (AvgIpc) is 3.07. The lowest BCUT2D eigenvalue weighted by Gasteiger charge is -2.07. The van der Waals surface area contributed by atoms with Gasteiger partial charge in [-0.25, -0.2) is 9.67 Å². The van der Waals surface area contributed by atoms with Crippen LogP contribution in [0.4, 0.5) is 0 Å². The largest absolute Gasteiger partial charge is 0.348 e. The molecule has 3 aromatic rings. The number of pyridine rings is 1. The summed E-state index contributed by atoms with van der Waals surface area (Å²) < 4.78 is 1.69. The SMILES string of the molecule is Cc1cccc(C(=O)NCc2ccc(-n3cccn3)nc2)c1. The molecule has 3 rings (SSSR count). The van der Waals surface area contributed by atoms with Crippen molar-refractivity contribution in [3.63, 3.8) is 0 Å². The highest BCUT2D eigenvalue weighted by Crippen LogP contribution is 2.06. The van der Waals surface area contributed by atoms with Gasteiger partial charge in [-0.3, -0.25) is 4.79 Å². The number of carbonyl (C=O) groups excluding carboxylic acids is 1. The van der Waals surface area contributed by atoms with Gasteiger partial charge in [0.05, 0.1) is 0 Å². The van der Waals surface area contributed by atoms with Crippen molar-refractivity contribution in [2.75, 3.05) is 0 Å². The summed E-state index contributed by atoms with van der Waals surface area (Å²) in [5.41, 5.74) is 2.68. The molecule has 0 aliphatic heterocycles. The molecule has 1 N–H and O–H groups in total. The molecule has 0 bridgehead atoms. The van der Waals surface area contributed by atoms with Gasteiger partial charge in [0.25, 0.3) is 5.91 Å². The second-order valence-corrected chi connectivity index (χ2v) is 5.03. The minimum absolute atomic E-state index is 0.0835. The summed E-state index contributed by atoms with van der Waals surface area (Å²) in [4.78, 5) is 16.4. The van der Waals surface area contributed by atoms with Crippen LogP contribution in [-0.4, -0.2) is 20.7 Å². The van der Waals surface area contributed by atoms with Gasteiger partial charge >= 0.3 is 0 Å². The first-order valence-electron chi connectivity index (χ1n) is 7.02. The number of hydrogen-bond donors (Lipinski definition) is 1. The third kappa shape index (κ3) is 3.20. The van der Waals surface area contributed by atoms with Gasteiger partial charge in [-0.1, -0.05) is 23.8 Å². The van der Waals surface area contributed by atoms with Gasteiger partial charge in [-0.05, 0) is 36.8 Å². The molecular weight excluding hydrogens is 276 g/mol. The lowest BCUT2D eigenvalue weighted by atomic mass is 10.1. The van der Waals surface area contributed by atoms with E-state index >= 15 is 0 Å². The number of nitrogens with one attached hydrogen (secondary N) is 1. The summed E-state index contributed by atoms with van der Waals surface area (Å²) in [6.45, 7) is 2.41. The molecule has 5 heteroatoms. The third-order valence-electron chi connectivity index (χ3n) is 3.28.